The molecule has 40 heavy (non-hydrogen) atoms. The van der Waals surface area contributed by atoms with E-state index < -0.39 is 0 Å². The normalized spacial score (nSPS) is 13.2. The number of nitrogens with one attached hydrogen (secondary N) is 1. The largest absolute Gasteiger partial charge is 0.355 e. The lowest BCUT2D eigenvalue weighted by atomic mass is 9.73. The predicted molar refractivity (Wildman–Crippen MR) is 166 cm³/mol. The summed E-state index contributed by atoms with van der Waals surface area (Å²) in [6.07, 6.45) is 3.96. The molecule has 6 aromatic rings. The van der Waals surface area contributed by atoms with Crippen molar-refractivity contribution in [3.8, 4) is 44.8 Å². The van der Waals surface area contributed by atoms with Gasteiger partial charge in [-0.1, -0.05) is 98.8 Å². The molecule has 0 fully saturated rings. The predicted octanol–water partition coefficient (Wildman–Crippen LogP) is 9.53. The van der Waals surface area contributed by atoms with E-state index in [1.54, 1.807) is 0 Å². The second-order valence-corrected chi connectivity index (χ2v) is 10.9. The van der Waals surface area contributed by atoms with Crippen LogP contribution in [-0.4, -0.2) is 9.97 Å². The molecule has 3 heterocycles. The van der Waals surface area contributed by atoms with Crippen molar-refractivity contribution in [3.63, 3.8) is 0 Å². The standard InChI is InChI=1S/C37H29N3/c1-37(2)31-21-27(29-15-17-33(38-23-29)25-9-5-3-6-10-25)13-19-35(31)40-36-20-14-28(22-32(36)37)30-16-18-34(39-24-30)26-11-7-4-8-12-26/h3-24,40H,1-2H3. The molecule has 192 valence electrons. The number of rotatable bonds is 4. The second-order valence-electron chi connectivity index (χ2n) is 10.9. The number of benzene rings is 4. The molecule has 0 saturated carbocycles. The van der Waals surface area contributed by atoms with Gasteiger partial charge in [0.1, 0.15) is 0 Å². The molecule has 0 bridgehead atoms. The number of hydrogen-bond acceptors (Lipinski definition) is 3. The Balaban J connectivity index is 1.21. The Morgan fingerprint density at radius 3 is 1.27 bits per heavy atom. The fourth-order valence-corrected chi connectivity index (χ4v) is 5.68. The smallest absolute Gasteiger partial charge is 0.0702 e. The molecule has 1 aliphatic rings. The number of anilines is 2. The average Bonchev–Trinajstić information content (AvgIpc) is 3.02. The lowest BCUT2D eigenvalue weighted by Gasteiger charge is -2.36. The summed E-state index contributed by atoms with van der Waals surface area (Å²) >= 11 is 0. The topological polar surface area (TPSA) is 37.8 Å². The summed E-state index contributed by atoms with van der Waals surface area (Å²) in [4.78, 5) is 9.52. The van der Waals surface area contributed by atoms with E-state index in [-0.39, 0.29) is 5.41 Å². The van der Waals surface area contributed by atoms with E-state index in [0.717, 1.165) is 45.0 Å². The fourth-order valence-electron chi connectivity index (χ4n) is 5.68. The SMILES string of the molecule is CC1(C)c2cc(-c3ccc(-c4ccccc4)nc3)ccc2Nc2ccc(-c3ccc(-c4ccccc4)nc3)cc21. The van der Waals surface area contributed by atoms with Gasteiger partial charge in [0.15, 0.2) is 0 Å². The van der Waals surface area contributed by atoms with Crippen LogP contribution in [0.15, 0.2) is 134 Å². The minimum atomic E-state index is -0.184. The van der Waals surface area contributed by atoms with Crippen LogP contribution in [0.4, 0.5) is 11.4 Å². The third-order valence-electron chi connectivity index (χ3n) is 7.99. The molecule has 4 aromatic carbocycles. The van der Waals surface area contributed by atoms with Gasteiger partial charge >= 0.3 is 0 Å². The average molecular weight is 516 g/mol. The van der Waals surface area contributed by atoms with Crippen LogP contribution in [0, 0.1) is 0 Å². The van der Waals surface area contributed by atoms with E-state index in [9.17, 15) is 0 Å². The number of hydrogen-bond donors (Lipinski definition) is 1. The number of nitrogens with zero attached hydrogens (tertiary/aromatic N) is 2. The molecule has 0 unspecified atom stereocenters. The van der Waals surface area contributed by atoms with E-state index >= 15 is 0 Å². The molecule has 0 amide bonds. The van der Waals surface area contributed by atoms with Crippen LogP contribution < -0.4 is 5.32 Å². The summed E-state index contributed by atoms with van der Waals surface area (Å²) < 4.78 is 0. The van der Waals surface area contributed by atoms with E-state index in [2.05, 4.69) is 104 Å². The van der Waals surface area contributed by atoms with Crippen LogP contribution in [0.1, 0.15) is 25.0 Å². The molecule has 1 N–H and O–H groups in total. The molecule has 3 nitrogen and oxygen atoms in total. The molecule has 3 heteroatoms. The molecule has 0 radical (unpaired) electrons. The molecule has 0 spiro atoms. The third-order valence-corrected chi connectivity index (χ3v) is 7.99. The Morgan fingerprint density at radius 1 is 0.450 bits per heavy atom. The molecule has 7 rings (SSSR count). The van der Waals surface area contributed by atoms with Crippen LogP contribution in [0.5, 0.6) is 0 Å². The monoisotopic (exact) mass is 515 g/mol. The Labute approximate surface area is 235 Å². The third kappa shape index (κ3) is 4.26. The molecule has 0 saturated heterocycles. The van der Waals surface area contributed by atoms with Gasteiger partial charge in [-0.3, -0.25) is 9.97 Å². The van der Waals surface area contributed by atoms with Crippen molar-refractivity contribution in [3.05, 3.63) is 145 Å². The lowest BCUT2D eigenvalue weighted by molar-refractivity contribution is 0.638. The van der Waals surface area contributed by atoms with Crippen LogP contribution in [0.2, 0.25) is 0 Å². The minimum Gasteiger partial charge on any atom is -0.355 e. The quantitative estimate of drug-likeness (QED) is 0.254. The molecule has 0 atom stereocenters. The highest BCUT2D eigenvalue weighted by Crippen LogP contribution is 2.47. The van der Waals surface area contributed by atoms with Gasteiger partial charge in [0.05, 0.1) is 11.4 Å². The van der Waals surface area contributed by atoms with Crippen molar-refractivity contribution >= 4 is 11.4 Å². The van der Waals surface area contributed by atoms with Crippen LogP contribution >= 0.6 is 0 Å². The first-order chi connectivity index (χ1) is 19.6. The van der Waals surface area contributed by atoms with Crippen molar-refractivity contribution in [1.82, 2.24) is 9.97 Å². The summed E-state index contributed by atoms with van der Waals surface area (Å²) in [6.45, 7) is 4.62. The van der Waals surface area contributed by atoms with Crippen LogP contribution in [0.25, 0.3) is 44.8 Å². The van der Waals surface area contributed by atoms with Gasteiger partial charge in [0, 0.05) is 51.4 Å². The highest BCUT2D eigenvalue weighted by atomic mass is 14.9. The Morgan fingerprint density at radius 2 is 0.875 bits per heavy atom. The summed E-state index contributed by atoms with van der Waals surface area (Å²) in [5.74, 6) is 0. The van der Waals surface area contributed by atoms with Gasteiger partial charge in [-0.15, -0.1) is 0 Å². The van der Waals surface area contributed by atoms with E-state index in [4.69, 9.17) is 9.97 Å². The number of fused-ring (bicyclic) bond motifs is 2. The van der Waals surface area contributed by atoms with E-state index in [0.29, 0.717) is 0 Å². The molecular weight excluding hydrogens is 486 g/mol. The van der Waals surface area contributed by atoms with E-state index in [1.165, 1.54) is 22.3 Å². The van der Waals surface area contributed by atoms with Crippen molar-refractivity contribution in [2.24, 2.45) is 0 Å². The first-order valence-corrected chi connectivity index (χ1v) is 13.7. The zero-order chi connectivity index (χ0) is 27.1. The first kappa shape index (κ1) is 24.1. The van der Waals surface area contributed by atoms with Crippen molar-refractivity contribution < 1.29 is 0 Å². The Hall–Kier alpha value is -5.02. The van der Waals surface area contributed by atoms with Crippen LogP contribution in [0.3, 0.4) is 0 Å². The molecule has 1 aliphatic heterocycles. The van der Waals surface area contributed by atoms with Gasteiger partial charge in [-0.05, 0) is 58.7 Å². The van der Waals surface area contributed by atoms with E-state index in [1.807, 2.05) is 48.8 Å². The van der Waals surface area contributed by atoms with Gasteiger partial charge in [0.25, 0.3) is 0 Å². The maximum absolute atomic E-state index is 4.76. The second kappa shape index (κ2) is 9.62. The maximum atomic E-state index is 4.76. The highest BCUT2D eigenvalue weighted by molar-refractivity contribution is 5.82. The van der Waals surface area contributed by atoms with Crippen molar-refractivity contribution in [2.75, 3.05) is 5.32 Å². The molecule has 2 aromatic heterocycles. The summed E-state index contributed by atoms with van der Waals surface area (Å²) in [5.41, 5.74) is 13.5. The first-order valence-electron chi connectivity index (χ1n) is 13.7. The van der Waals surface area contributed by atoms with Crippen LogP contribution in [-0.2, 0) is 5.41 Å². The summed E-state index contributed by atoms with van der Waals surface area (Å²) in [5, 5.41) is 3.68. The van der Waals surface area contributed by atoms with Gasteiger partial charge in [-0.2, -0.15) is 0 Å². The Kier molecular flexibility index (Phi) is 5.78. The Bertz CT molecular complexity index is 1670. The maximum Gasteiger partial charge on any atom is 0.0702 e. The van der Waals surface area contributed by atoms with Gasteiger partial charge < -0.3 is 5.32 Å². The summed E-state index contributed by atoms with van der Waals surface area (Å²) in [7, 11) is 0. The fraction of sp³-hybridized carbons (Fsp3) is 0.0811. The zero-order valence-electron chi connectivity index (χ0n) is 22.6. The number of aromatic nitrogens is 2. The zero-order valence-corrected chi connectivity index (χ0v) is 22.6. The molecule has 0 aliphatic carbocycles. The van der Waals surface area contributed by atoms with Crippen molar-refractivity contribution in [1.29, 1.82) is 0 Å². The molecular formula is C37H29N3. The van der Waals surface area contributed by atoms with Gasteiger partial charge in [0.2, 0.25) is 0 Å². The van der Waals surface area contributed by atoms with Crippen molar-refractivity contribution in [2.45, 2.75) is 19.3 Å². The number of pyridine rings is 2. The van der Waals surface area contributed by atoms with Gasteiger partial charge in [-0.25, -0.2) is 0 Å². The highest BCUT2D eigenvalue weighted by Gasteiger charge is 2.33. The lowest BCUT2D eigenvalue weighted by Crippen LogP contribution is -2.26. The minimum absolute atomic E-state index is 0.184. The summed E-state index contributed by atoms with van der Waals surface area (Å²) in [6, 6.07) is 42.5.